The molecular weight excluding hydrogens is 586 g/mol. The summed E-state index contributed by atoms with van der Waals surface area (Å²) in [6.07, 6.45) is 5.47. The molecule has 1 amide bonds. The van der Waals surface area contributed by atoms with Gasteiger partial charge in [-0.05, 0) is 68.7 Å². The molecule has 3 aromatic heterocycles. The summed E-state index contributed by atoms with van der Waals surface area (Å²) in [5, 5.41) is 4.52. The number of halogens is 1. The summed E-state index contributed by atoms with van der Waals surface area (Å²) in [6.45, 7) is 11.4. The molecule has 1 unspecified atom stereocenters. The van der Waals surface area contributed by atoms with Crippen molar-refractivity contribution < 1.29 is 9.53 Å². The molecule has 1 aliphatic rings. The highest BCUT2D eigenvalue weighted by Crippen LogP contribution is 2.32. The SMILES string of the molecule is Cc1ccc(C(=O)N(I)c2cnn(C(C)(C)C)c2P)cc1-c1cc(N2CCOCC2)n2cncc2c1. The third-order valence-corrected chi connectivity index (χ3v) is 7.94. The zero-order chi connectivity index (χ0) is 25.6. The lowest BCUT2D eigenvalue weighted by Gasteiger charge is -2.30. The maximum atomic E-state index is 13.6. The normalized spacial score (nSPS) is 14.4. The predicted molar refractivity (Wildman–Crippen MR) is 156 cm³/mol. The van der Waals surface area contributed by atoms with E-state index in [4.69, 9.17) is 4.74 Å². The van der Waals surface area contributed by atoms with Gasteiger partial charge >= 0.3 is 0 Å². The van der Waals surface area contributed by atoms with Crippen LogP contribution in [0.1, 0.15) is 36.7 Å². The number of carbonyl (C=O) groups excluding carboxylic acids is 1. The number of aromatic nitrogens is 4. The van der Waals surface area contributed by atoms with Gasteiger partial charge in [0.1, 0.15) is 12.1 Å². The van der Waals surface area contributed by atoms with Crippen LogP contribution in [0, 0.1) is 6.92 Å². The van der Waals surface area contributed by atoms with Crippen LogP contribution in [-0.4, -0.2) is 51.4 Å². The Labute approximate surface area is 227 Å². The Balaban J connectivity index is 1.52. The van der Waals surface area contributed by atoms with E-state index in [2.05, 4.69) is 91.3 Å². The summed E-state index contributed by atoms with van der Waals surface area (Å²) in [5.41, 5.74) is 6.29. The second-order valence-electron chi connectivity index (χ2n) is 10.0. The van der Waals surface area contributed by atoms with Gasteiger partial charge in [0.25, 0.3) is 5.91 Å². The van der Waals surface area contributed by atoms with Crippen LogP contribution < -0.4 is 13.4 Å². The Kier molecular flexibility index (Phi) is 6.82. The van der Waals surface area contributed by atoms with E-state index in [1.54, 1.807) is 9.31 Å². The van der Waals surface area contributed by atoms with Gasteiger partial charge < -0.3 is 9.64 Å². The maximum Gasteiger partial charge on any atom is 0.267 e. The fourth-order valence-electron chi connectivity index (χ4n) is 4.53. The summed E-state index contributed by atoms with van der Waals surface area (Å²) in [7, 11) is 2.73. The largest absolute Gasteiger partial charge is 0.378 e. The van der Waals surface area contributed by atoms with Gasteiger partial charge in [-0.25, -0.2) is 8.10 Å². The van der Waals surface area contributed by atoms with Crippen molar-refractivity contribution >= 4 is 60.5 Å². The number of rotatable bonds is 4. The Hall–Kier alpha value is -2.49. The maximum absolute atomic E-state index is 13.6. The van der Waals surface area contributed by atoms with E-state index >= 15 is 0 Å². The lowest BCUT2D eigenvalue weighted by Crippen LogP contribution is -2.37. The highest BCUT2D eigenvalue weighted by atomic mass is 127. The van der Waals surface area contributed by atoms with Crippen molar-refractivity contribution in [1.82, 2.24) is 19.2 Å². The number of benzene rings is 1. The molecule has 0 spiro atoms. The number of morpholine rings is 1. The number of aryl methyl sites for hydroxylation is 1. The smallest absolute Gasteiger partial charge is 0.267 e. The van der Waals surface area contributed by atoms with Gasteiger partial charge in [0.05, 0.1) is 70.7 Å². The average Bonchev–Trinajstić information content (AvgIpc) is 3.49. The number of imidazole rings is 1. The van der Waals surface area contributed by atoms with E-state index in [9.17, 15) is 4.79 Å². The average molecular weight is 616 g/mol. The summed E-state index contributed by atoms with van der Waals surface area (Å²) >= 11 is 2.07. The fourth-order valence-corrected chi connectivity index (χ4v) is 6.10. The van der Waals surface area contributed by atoms with Crippen molar-refractivity contribution in [3.05, 3.63) is 60.2 Å². The van der Waals surface area contributed by atoms with Crippen molar-refractivity contribution in [2.24, 2.45) is 0 Å². The van der Waals surface area contributed by atoms with Crippen LogP contribution in [0.25, 0.3) is 16.6 Å². The number of amides is 1. The zero-order valence-corrected chi connectivity index (χ0v) is 24.2. The van der Waals surface area contributed by atoms with E-state index in [1.165, 1.54) is 0 Å². The molecule has 1 fully saturated rings. The molecular formula is C26H30IN6O2P. The van der Waals surface area contributed by atoms with Gasteiger partial charge in [-0.2, -0.15) is 5.10 Å². The summed E-state index contributed by atoms with van der Waals surface area (Å²) in [4.78, 5) is 20.3. The summed E-state index contributed by atoms with van der Waals surface area (Å²) < 4.78 is 11.2. The van der Waals surface area contributed by atoms with Crippen molar-refractivity contribution in [1.29, 1.82) is 0 Å². The Morgan fingerprint density at radius 1 is 1.14 bits per heavy atom. The van der Waals surface area contributed by atoms with Gasteiger partial charge in [-0.15, -0.1) is 0 Å². The third kappa shape index (κ3) is 4.64. The van der Waals surface area contributed by atoms with Crippen molar-refractivity contribution in [2.75, 3.05) is 34.3 Å². The monoisotopic (exact) mass is 616 g/mol. The van der Waals surface area contributed by atoms with Crippen LogP contribution in [0.5, 0.6) is 0 Å². The molecule has 4 aromatic rings. The summed E-state index contributed by atoms with van der Waals surface area (Å²) in [6, 6.07) is 10.2. The predicted octanol–water partition coefficient (Wildman–Crippen LogP) is 4.60. The van der Waals surface area contributed by atoms with E-state index < -0.39 is 0 Å². The first kappa shape index (κ1) is 25.2. The molecule has 8 nitrogen and oxygen atoms in total. The highest BCUT2D eigenvalue weighted by molar-refractivity contribution is 14.1. The Morgan fingerprint density at radius 2 is 1.89 bits per heavy atom. The molecule has 1 aliphatic heterocycles. The molecule has 4 heterocycles. The molecule has 36 heavy (non-hydrogen) atoms. The second-order valence-corrected chi connectivity index (χ2v) is 11.5. The lowest BCUT2D eigenvalue weighted by molar-refractivity contribution is 0.101. The van der Waals surface area contributed by atoms with Crippen LogP contribution in [0.4, 0.5) is 11.5 Å². The molecule has 0 saturated carbocycles. The summed E-state index contributed by atoms with van der Waals surface area (Å²) in [5.74, 6) is 0.991. The molecule has 0 aliphatic carbocycles. The van der Waals surface area contributed by atoms with Crippen molar-refractivity contribution in [3.63, 3.8) is 0 Å². The Bertz CT molecular complexity index is 1430. The number of hydrogen-bond acceptors (Lipinski definition) is 5. The van der Waals surface area contributed by atoms with Gasteiger partial charge in [0.15, 0.2) is 0 Å². The molecule has 1 atom stereocenters. The zero-order valence-electron chi connectivity index (χ0n) is 20.9. The van der Waals surface area contributed by atoms with Crippen LogP contribution in [0.3, 0.4) is 0 Å². The molecule has 1 aromatic carbocycles. The van der Waals surface area contributed by atoms with Gasteiger partial charge in [0, 0.05) is 18.7 Å². The first-order chi connectivity index (χ1) is 17.1. The minimum absolute atomic E-state index is 0.0900. The number of ether oxygens (including phenoxy) is 1. The molecule has 0 bridgehead atoms. The third-order valence-electron chi connectivity index (χ3n) is 6.44. The fraction of sp³-hybridized carbons (Fsp3) is 0.346. The van der Waals surface area contributed by atoms with E-state index in [1.807, 2.05) is 35.4 Å². The van der Waals surface area contributed by atoms with Crippen LogP contribution in [0.2, 0.25) is 0 Å². The molecule has 0 N–H and O–H groups in total. The first-order valence-electron chi connectivity index (χ1n) is 11.9. The van der Waals surface area contributed by atoms with E-state index in [0.29, 0.717) is 18.8 Å². The Morgan fingerprint density at radius 3 is 2.58 bits per heavy atom. The first-order valence-corrected chi connectivity index (χ1v) is 13.4. The van der Waals surface area contributed by atoms with Gasteiger partial charge in [0.2, 0.25) is 0 Å². The minimum atomic E-state index is -0.183. The number of anilines is 2. The van der Waals surface area contributed by atoms with E-state index in [-0.39, 0.29) is 11.4 Å². The van der Waals surface area contributed by atoms with Crippen LogP contribution >= 0.6 is 32.1 Å². The van der Waals surface area contributed by atoms with Crippen LogP contribution in [-0.2, 0) is 10.3 Å². The number of fused-ring (bicyclic) bond motifs is 1. The molecule has 188 valence electrons. The molecule has 1 saturated heterocycles. The number of pyridine rings is 1. The topological polar surface area (TPSA) is 67.9 Å². The number of hydrogen-bond donors (Lipinski definition) is 0. The van der Waals surface area contributed by atoms with Crippen molar-refractivity contribution in [2.45, 2.75) is 33.2 Å². The van der Waals surface area contributed by atoms with Crippen LogP contribution in [0.15, 0.2) is 49.1 Å². The standard InChI is InChI=1S/C26H30IN6O2P/c1-17-5-6-18(24(34)32(27)22-15-29-33(25(22)36)26(2,3)4)12-21(17)19-11-20-14-28-16-31(20)23(13-19)30-7-9-35-10-8-30/h5-6,11-16H,7-10,36H2,1-4H3. The number of nitrogens with zero attached hydrogens (tertiary/aromatic N) is 6. The molecule has 0 radical (unpaired) electrons. The second kappa shape index (κ2) is 9.76. The minimum Gasteiger partial charge on any atom is -0.378 e. The van der Waals surface area contributed by atoms with E-state index in [0.717, 1.165) is 52.2 Å². The van der Waals surface area contributed by atoms with Gasteiger partial charge in [-0.1, -0.05) is 15.3 Å². The van der Waals surface area contributed by atoms with Crippen molar-refractivity contribution in [3.8, 4) is 11.1 Å². The molecule has 5 rings (SSSR count). The molecule has 10 heteroatoms. The van der Waals surface area contributed by atoms with Gasteiger partial charge in [-0.3, -0.25) is 13.9 Å². The lowest BCUT2D eigenvalue weighted by atomic mass is 9.98. The quantitative estimate of drug-likeness (QED) is 0.191. The highest BCUT2D eigenvalue weighted by Gasteiger charge is 2.25. The number of carbonyl (C=O) groups is 1.